The van der Waals surface area contributed by atoms with E-state index in [9.17, 15) is 4.79 Å². The molecule has 23 heavy (non-hydrogen) atoms. The topological polar surface area (TPSA) is 61.1 Å². The minimum atomic E-state index is -0.0930. The van der Waals surface area contributed by atoms with Crippen LogP contribution >= 0.6 is 11.8 Å². The van der Waals surface area contributed by atoms with Gasteiger partial charge in [0.25, 0.3) is 0 Å². The molecule has 0 aromatic carbocycles. The van der Waals surface area contributed by atoms with E-state index in [0.717, 1.165) is 38.5 Å². The molecule has 0 bridgehead atoms. The molecule has 7 heteroatoms. The first-order valence-corrected chi connectivity index (χ1v) is 9.01. The quantitative estimate of drug-likeness (QED) is 0.904. The second-order valence-electron chi connectivity index (χ2n) is 6.12. The van der Waals surface area contributed by atoms with Crippen molar-refractivity contribution in [3.63, 3.8) is 0 Å². The molecule has 0 aliphatic carbocycles. The molecule has 3 rings (SSSR count). The summed E-state index contributed by atoms with van der Waals surface area (Å²) in [6.07, 6.45) is 1.63. The summed E-state index contributed by atoms with van der Waals surface area (Å²) < 4.78 is 5.32. The van der Waals surface area contributed by atoms with Gasteiger partial charge in [-0.15, -0.1) is 0 Å². The Kier molecular flexibility index (Phi) is 5.27. The second kappa shape index (κ2) is 7.40. The van der Waals surface area contributed by atoms with E-state index < -0.39 is 0 Å². The van der Waals surface area contributed by atoms with Crippen LogP contribution < -0.4 is 5.32 Å². The van der Waals surface area contributed by atoms with Gasteiger partial charge in [-0.05, 0) is 19.1 Å². The number of nitrogens with zero attached hydrogens (tertiary/aromatic N) is 3. The summed E-state index contributed by atoms with van der Waals surface area (Å²) in [5.41, 5.74) is 0. The molecule has 3 heterocycles. The maximum atomic E-state index is 12.2. The molecule has 0 unspecified atom stereocenters. The van der Waals surface area contributed by atoms with Gasteiger partial charge in [0.05, 0.1) is 25.4 Å². The number of carbonyl (C=O) groups is 1. The molecule has 2 atom stereocenters. The minimum absolute atomic E-state index is 0.0450. The normalized spacial score (nSPS) is 23.7. The van der Waals surface area contributed by atoms with Crippen LogP contribution in [0.2, 0.25) is 0 Å². The molecule has 0 saturated carbocycles. The number of furan rings is 1. The van der Waals surface area contributed by atoms with Crippen molar-refractivity contribution in [2.75, 3.05) is 39.3 Å². The van der Waals surface area contributed by atoms with E-state index in [-0.39, 0.29) is 11.9 Å². The lowest BCUT2D eigenvalue weighted by Gasteiger charge is -2.35. The van der Waals surface area contributed by atoms with Gasteiger partial charge in [-0.1, -0.05) is 18.7 Å². The summed E-state index contributed by atoms with van der Waals surface area (Å²) in [4.78, 5) is 21.3. The van der Waals surface area contributed by atoms with Crippen LogP contribution in [0.1, 0.15) is 25.6 Å². The van der Waals surface area contributed by atoms with E-state index >= 15 is 0 Å². The van der Waals surface area contributed by atoms with E-state index in [0.29, 0.717) is 11.8 Å². The molecule has 0 radical (unpaired) electrons. The second-order valence-corrected chi connectivity index (χ2v) is 7.53. The van der Waals surface area contributed by atoms with Crippen LogP contribution in [0.4, 0.5) is 0 Å². The van der Waals surface area contributed by atoms with Gasteiger partial charge in [0.1, 0.15) is 5.76 Å². The molecule has 6 nitrogen and oxygen atoms in total. The van der Waals surface area contributed by atoms with Crippen molar-refractivity contribution in [2.45, 2.75) is 25.1 Å². The zero-order valence-electron chi connectivity index (χ0n) is 13.7. The third kappa shape index (κ3) is 4.29. The van der Waals surface area contributed by atoms with E-state index in [1.54, 1.807) is 6.26 Å². The van der Waals surface area contributed by atoms with Crippen LogP contribution in [-0.4, -0.2) is 65.4 Å². The smallest absolute Gasteiger partial charge is 0.234 e. The van der Waals surface area contributed by atoms with Gasteiger partial charge < -0.3 is 14.6 Å². The Hall–Kier alpha value is -1.47. The van der Waals surface area contributed by atoms with Crippen molar-refractivity contribution in [3.05, 3.63) is 24.2 Å². The fraction of sp³-hybridized carbons (Fsp3) is 0.625. The van der Waals surface area contributed by atoms with Crippen molar-refractivity contribution >= 4 is 22.8 Å². The predicted molar refractivity (Wildman–Crippen MR) is 92.6 cm³/mol. The Morgan fingerprint density at radius 1 is 1.48 bits per heavy atom. The standard InChI is InChI=1S/C16H24N4O2S/c1-12-10-17-16(23-12)20-7-5-19(6-8-20)11-15(21)18-13(2)14-4-3-9-22-14/h3-4,9,12-13H,5-8,10-11H2,1-2H3,(H,18,21)/t12-,13-/m1/s1. The molecule has 0 spiro atoms. The summed E-state index contributed by atoms with van der Waals surface area (Å²) in [7, 11) is 0. The summed E-state index contributed by atoms with van der Waals surface area (Å²) in [6, 6.07) is 3.62. The van der Waals surface area contributed by atoms with Gasteiger partial charge in [-0.2, -0.15) is 0 Å². The molecule has 126 valence electrons. The molecule has 1 aromatic heterocycles. The zero-order valence-corrected chi connectivity index (χ0v) is 14.5. The van der Waals surface area contributed by atoms with Crippen molar-refractivity contribution in [1.82, 2.24) is 15.1 Å². The molecule has 1 aromatic rings. The number of rotatable bonds is 4. The fourth-order valence-corrected chi connectivity index (χ4v) is 3.82. The number of hydrogen-bond donors (Lipinski definition) is 1. The Labute approximate surface area is 141 Å². The molecule has 2 aliphatic heterocycles. The number of amidine groups is 1. The number of aliphatic imine (C=N–C) groups is 1. The Morgan fingerprint density at radius 2 is 2.26 bits per heavy atom. The zero-order chi connectivity index (χ0) is 16.2. The number of nitrogens with one attached hydrogen (secondary N) is 1. The monoisotopic (exact) mass is 336 g/mol. The first-order chi connectivity index (χ1) is 11.1. The fourth-order valence-electron chi connectivity index (χ4n) is 2.83. The van der Waals surface area contributed by atoms with Crippen molar-refractivity contribution in [1.29, 1.82) is 0 Å². The van der Waals surface area contributed by atoms with Gasteiger partial charge >= 0.3 is 0 Å². The van der Waals surface area contributed by atoms with Crippen LogP contribution in [0.15, 0.2) is 27.8 Å². The van der Waals surface area contributed by atoms with Gasteiger partial charge in [-0.25, -0.2) is 0 Å². The molecule has 1 saturated heterocycles. The lowest BCUT2D eigenvalue weighted by molar-refractivity contribution is -0.123. The SMILES string of the molecule is C[C@@H]1CN=C(N2CCN(CC(=O)N[C@H](C)c3ccco3)CC2)S1. The van der Waals surface area contributed by atoms with Crippen molar-refractivity contribution < 1.29 is 9.21 Å². The van der Waals surface area contributed by atoms with E-state index in [4.69, 9.17) is 4.42 Å². The van der Waals surface area contributed by atoms with Gasteiger partial charge in [0, 0.05) is 31.4 Å². The molecule has 1 N–H and O–H groups in total. The number of carbonyl (C=O) groups excluding carboxylic acids is 1. The predicted octanol–water partition coefficient (Wildman–Crippen LogP) is 1.57. The summed E-state index contributed by atoms with van der Waals surface area (Å²) in [6.45, 7) is 9.20. The highest BCUT2D eigenvalue weighted by atomic mass is 32.2. The van der Waals surface area contributed by atoms with Crippen molar-refractivity contribution in [3.8, 4) is 0 Å². The summed E-state index contributed by atoms with van der Waals surface area (Å²) in [5, 5.41) is 4.75. The third-order valence-electron chi connectivity index (χ3n) is 4.15. The number of amides is 1. The largest absolute Gasteiger partial charge is 0.467 e. The van der Waals surface area contributed by atoms with E-state index in [1.807, 2.05) is 30.8 Å². The highest BCUT2D eigenvalue weighted by molar-refractivity contribution is 8.14. The molecule has 1 fully saturated rings. The number of thioether (sulfide) groups is 1. The van der Waals surface area contributed by atoms with Crippen LogP contribution in [0.25, 0.3) is 0 Å². The molecule has 2 aliphatic rings. The van der Waals surface area contributed by atoms with Crippen LogP contribution in [-0.2, 0) is 4.79 Å². The van der Waals surface area contributed by atoms with Crippen LogP contribution in [0.3, 0.4) is 0 Å². The number of hydrogen-bond acceptors (Lipinski definition) is 6. The van der Waals surface area contributed by atoms with E-state index in [2.05, 4.69) is 27.0 Å². The average Bonchev–Trinajstić information content (AvgIpc) is 3.19. The maximum absolute atomic E-state index is 12.2. The summed E-state index contributed by atoms with van der Waals surface area (Å²) >= 11 is 1.86. The van der Waals surface area contributed by atoms with Crippen LogP contribution in [0.5, 0.6) is 0 Å². The third-order valence-corrected chi connectivity index (χ3v) is 5.30. The van der Waals surface area contributed by atoms with Gasteiger partial charge in [-0.3, -0.25) is 14.7 Å². The van der Waals surface area contributed by atoms with Crippen molar-refractivity contribution in [2.24, 2.45) is 4.99 Å². The highest BCUT2D eigenvalue weighted by Gasteiger charge is 2.25. The lowest BCUT2D eigenvalue weighted by atomic mass is 10.2. The van der Waals surface area contributed by atoms with Crippen LogP contribution in [0, 0.1) is 0 Å². The average molecular weight is 336 g/mol. The Balaban J connectivity index is 1.41. The van der Waals surface area contributed by atoms with Gasteiger partial charge in [0.2, 0.25) is 5.91 Å². The molecule has 1 amide bonds. The highest BCUT2D eigenvalue weighted by Crippen LogP contribution is 2.23. The summed E-state index contributed by atoms with van der Waals surface area (Å²) in [5.74, 6) is 0.831. The Bertz CT molecular complexity index is 552. The van der Waals surface area contributed by atoms with E-state index in [1.165, 1.54) is 5.17 Å². The maximum Gasteiger partial charge on any atom is 0.234 e. The number of piperazine rings is 1. The Morgan fingerprint density at radius 3 is 2.87 bits per heavy atom. The van der Waals surface area contributed by atoms with Gasteiger partial charge in [0.15, 0.2) is 5.17 Å². The molecular weight excluding hydrogens is 312 g/mol. The first-order valence-electron chi connectivity index (χ1n) is 8.13. The molecular formula is C16H24N4O2S. The lowest BCUT2D eigenvalue weighted by Crippen LogP contribution is -2.50. The first kappa shape index (κ1) is 16.4. The minimum Gasteiger partial charge on any atom is -0.467 e.